The van der Waals surface area contributed by atoms with Crippen LogP contribution in [0, 0.1) is 11.7 Å². The lowest BCUT2D eigenvalue weighted by atomic mass is 9.96. The number of ether oxygens (including phenoxy) is 1. The van der Waals surface area contributed by atoms with Crippen LogP contribution in [0.5, 0.6) is 0 Å². The van der Waals surface area contributed by atoms with E-state index in [4.69, 9.17) is 10.5 Å². The number of hydrogen-bond donors (Lipinski definition) is 1. The molecule has 2 aliphatic heterocycles. The number of benzene rings is 1. The number of anilines is 1. The summed E-state index contributed by atoms with van der Waals surface area (Å²) in [5.74, 6) is 0.299. The van der Waals surface area contributed by atoms with E-state index in [2.05, 4.69) is 9.80 Å². The molecule has 0 radical (unpaired) electrons. The summed E-state index contributed by atoms with van der Waals surface area (Å²) in [5.41, 5.74) is 6.89. The Morgan fingerprint density at radius 1 is 1.19 bits per heavy atom. The molecular weight excluding hydrogens is 269 g/mol. The van der Waals surface area contributed by atoms with E-state index in [1.54, 1.807) is 6.07 Å². The maximum absolute atomic E-state index is 13.8. The summed E-state index contributed by atoms with van der Waals surface area (Å²) in [4.78, 5) is 4.56. The highest BCUT2D eigenvalue weighted by Gasteiger charge is 2.27. The van der Waals surface area contributed by atoms with Crippen molar-refractivity contribution in [3.63, 3.8) is 0 Å². The lowest BCUT2D eigenvalue weighted by Crippen LogP contribution is -2.51. The molecule has 2 N–H and O–H groups in total. The molecule has 0 saturated carbocycles. The number of halogens is 1. The molecule has 2 atom stereocenters. The molecule has 4 nitrogen and oxygen atoms in total. The van der Waals surface area contributed by atoms with Gasteiger partial charge < -0.3 is 15.4 Å². The van der Waals surface area contributed by atoms with Crippen molar-refractivity contribution in [3.8, 4) is 0 Å². The minimum Gasteiger partial charge on any atom is -0.381 e. The van der Waals surface area contributed by atoms with Crippen LogP contribution in [0.1, 0.15) is 6.42 Å². The predicted octanol–water partition coefficient (Wildman–Crippen LogP) is 1.31. The summed E-state index contributed by atoms with van der Waals surface area (Å²) in [6.07, 6.45) is 0.958. The number of nitrogens with zero attached hydrogens (tertiary/aromatic N) is 2. The van der Waals surface area contributed by atoms with Crippen LogP contribution in [0.2, 0.25) is 0 Å². The zero-order valence-corrected chi connectivity index (χ0v) is 12.4. The Bertz CT molecular complexity index is 463. The number of para-hydroxylation sites is 1. The SMILES string of the molecule is NC1CCOCC1CN1CCN(c2ccccc2F)CC1. The third-order valence-corrected chi connectivity index (χ3v) is 4.59. The van der Waals surface area contributed by atoms with E-state index < -0.39 is 0 Å². The van der Waals surface area contributed by atoms with Crippen molar-refractivity contribution in [2.45, 2.75) is 12.5 Å². The van der Waals surface area contributed by atoms with Gasteiger partial charge in [0.15, 0.2) is 0 Å². The maximum atomic E-state index is 13.8. The minimum absolute atomic E-state index is 0.131. The highest BCUT2D eigenvalue weighted by atomic mass is 19.1. The fourth-order valence-corrected chi connectivity index (χ4v) is 3.21. The van der Waals surface area contributed by atoms with Gasteiger partial charge in [0.25, 0.3) is 0 Å². The van der Waals surface area contributed by atoms with E-state index in [-0.39, 0.29) is 11.9 Å². The van der Waals surface area contributed by atoms with Crippen LogP contribution < -0.4 is 10.6 Å². The second kappa shape index (κ2) is 6.73. The van der Waals surface area contributed by atoms with Gasteiger partial charge >= 0.3 is 0 Å². The summed E-state index contributed by atoms with van der Waals surface area (Å²) >= 11 is 0. The Hall–Kier alpha value is -1.17. The molecule has 5 heteroatoms. The molecule has 2 saturated heterocycles. The molecule has 1 aromatic carbocycles. The number of rotatable bonds is 3. The van der Waals surface area contributed by atoms with E-state index in [0.29, 0.717) is 5.92 Å². The van der Waals surface area contributed by atoms with Crippen LogP contribution in [0.4, 0.5) is 10.1 Å². The summed E-state index contributed by atoms with van der Waals surface area (Å²) in [6.45, 7) is 6.20. The first-order valence-corrected chi connectivity index (χ1v) is 7.79. The Balaban J connectivity index is 1.52. The molecule has 0 bridgehead atoms. The third-order valence-electron chi connectivity index (χ3n) is 4.59. The fraction of sp³-hybridized carbons (Fsp3) is 0.625. The summed E-state index contributed by atoms with van der Waals surface area (Å²) in [6, 6.07) is 7.27. The average Bonchev–Trinajstić information content (AvgIpc) is 2.51. The van der Waals surface area contributed by atoms with Gasteiger partial charge in [0.05, 0.1) is 12.3 Å². The van der Waals surface area contributed by atoms with E-state index in [9.17, 15) is 4.39 Å². The van der Waals surface area contributed by atoms with Gasteiger partial charge in [0, 0.05) is 51.3 Å². The largest absolute Gasteiger partial charge is 0.381 e. The van der Waals surface area contributed by atoms with Gasteiger partial charge in [-0.3, -0.25) is 4.90 Å². The van der Waals surface area contributed by atoms with Gasteiger partial charge in [-0.15, -0.1) is 0 Å². The smallest absolute Gasteiger partial charge is 0.146 e. The van der Waals surface area contributed by atoms with Crippen molar-refractivity contribution >= 4 is 5.69 Å². The highest BCUT2D eigenvalue weighted by Crippen LogP contribution is 2.21. The standard InChI is InChI=1S/C16H24FN3O/c17-14-3-1-2-4-16(14)20-8-6-19(7-9-20)11-13-12-21-10-5-15(13)18/h1-4,13,15H,5-12,18H2. The van der Waals surface area contributed by atoms with Crippen molar-refractivity contribution in [3.05, 3.63) is 30.1 Å². The van der Waals surface area contributed by atoms with Crippen molar-refractivity contribution in [1.29, 1.82) is 0 Å². The Morgan fingerprint density at radius 3 is 2.67 bits per heavy atom. The quantitative estimate of drug-likeness (QED) is 0.912. The lowest BCUT2D eigenvalue weighted by Gasteiger charge is -2.39. The topological polar surface area (TPSA) is 41.7 Å². The molecule has 2 aliphatic rings. The van der Waals surface area contributed by atoms with Crippen LogP contribution in [0.15, 0.2) is 24.3 Å². The molecular formula is C16H24FN3O. The summed E-state index contributed by atoms with van der Waals surface area (Å²) in [7, 11) is 0. The van der Waals surface area contributed by atoms with Crippen LogP contribution >= 0.6 is 0 Å². The molecule has 2 fully saturated rings. The van der Waals surface area contributed by atoms with Gasteiger partial charge in [-0.1, -0.05) is 12.1 Å². The second-order valence-electron chi connectivity index (χ2n) is 6.03. The van der Waals surface area contributed by atoms with Crippen LogP contribution in [-0.4, -0.2) is 56.9 Å². The van der Waals surface area contributed by atoms with E-state index in [1.807, 2.05) is 12.1 Å². The zero-order valence-electron chi connectivity index (χ0n) is 12.4. The monoisotopic (exact) mass is 293 g/mol. The molecule has 1 aromatic rings. The van der Waals surface area contributed by atoms with Gasteiger partial charge in [0.1, 0.15) is 5.82 Å². The van der Waals surface area contributed by atoms with E-state index in [1.165, 1.54) is 6.07 Å². The average molecular weight is 293 g/mol. The van der Waals surface area contributed by atoms with E-state index in [0.717, 1.165) is 58.0 Å². The van der Waals surface area contributed by atoms with Crippen molar-refractivity contribution in [2.24, 2.45) is 11.7 Å². The third kappa shape index (κ3) is 3.54. The van der Waals surface area contributed by atoms with Crippen molar-refractivity contribution < 1.29 is 9.13 Å². The van der Waals surface area contributed by atoms with Crippen LogP contribution in [0.3, 0.4) is 0 Å². The zero-order chi connectivity index (χ0) is 14.7. The molecule has 0 aromatic heterocycles. The first-order chi connectivity index (χ1) is 10.2. The Morgan fingerprint density at radius 2 is 1.95 bits per heavy atom. The lowest BCUT2D eigenvalue weighted by molar-refractivity contribution is 0.0253. The van der Waals surface area contributed by atoms with Crippen molar-refractivity contribution in [1.82, 2.24) is 4.90 Å². The number of hydrogen-bond acceptors (Lipinski definition) is 4. The van der Waals surface area contributed by atoms with Gasteiger partial charge in [-0.05, 0) is 18.6 Å². The first-order valence-electron chi connectivity index (χ1n) is 7.79. The molecule has 21 heavy (non-hydrogen) atoms. The highest BCUT2D eigenvalue weighted by molar-refractivity contribution is 5.47. The Labute approximate surface area is 125 Å². The van der Waals surface area contributed by atoms with Gasteiger partial charge in [-0.25, -0.2) is 4.39 Å². The van der Waals surface area contributed by atoms with Gasteiger partial charge in [-0.2, -0.15) is 0 Å². The van der Waals surface area contributed by atoms with Crippen LogP contribution in [0.25, 0.3) is 0 Å². The Kier molecular flexibility index (Phi) is 4.73. The second-order valence-corrected chi connectivity index (χ2v) is 6.03. The molecule has 3 rings (SSSR count). The molecule has 2 unspecified atom stereocenters. The first kappa shape index (κ1) is 14.8. The van der Waals surface area contributed by atoms with E-state index >= 15 is 0 Å². The number of nitrogens with two attached hydrogens (primary N) is 1. The minimum atomic E-state index is -0.131. The fourth-order valence-electron chi connectivity index (χ4n) is 3.21. The molecule has 0 spiro atoms. The predicted molar refractivity (Wildman–Crippen MR) is 82.0 cm³/mol. The summed E-state index contributed by atoms with van der Waals surface area (Å²) in [5, 5.41) is 0. The number of piperazine rings is 1. The van der Waals surface area contributed by atoms with Crippen LogP contribution in [-0.2, 0) is 4.74 Å². The molecule has 0 aliphatic carbocycles. The van der Waals surface area contributed by atoms with Gasteiger partial charge in [0.2, 0.25) is 0 Å². The maximum Gasteiger partial charge on any atom is 0.146 e. The molecule has 2 heterocycles. The summed E-state index contributed by atoms with van der Waals surface area (Å²) < 4.78 is 19.3. The molecule has 116 valence electrons. The van der Waals surface area contributed by atoms with Crippen molar-refractivity contribution in [2.75, 3.05) is 50.8 Å². The molecule has 0 amide bonds. The normalized spacial score (nSPS) is 27.8.